The summed E-state index contributed by atoms with van der Waals surface area (Å²) in [5, 5.41) is 27.3. The number of anilines is 1. The van der Waals surface area contributed by atoms with E-state index in [0.717, 1.165) is 29.6 Å². The molecule has 3 fully saturated rings. The van der Waals surface area contributed by atoms with E-state index in [4.69, 9.17) is 10.2 Å². The van der Waals surface area contributed by atoms with Gasteiger partial charge < -0.3 is 20.0 Å². The Morgan fingerprint density at radius 1 is 1.04 bits per heavy atom. The van der Waals surface area contributed by atoms with Gasteiger partial charge in [-0.3, -0.25) is 0 Å². The molecule has 9 nitrogen and oxygen atoms in total. The van der Waals surface area contributed by atoms with E-state index in [2.05, 4.69) is 31.0 Å². The van der Waals surface area contributed by atoms with Crippen LogP contribution in [0.15, 0.2) is 35.9 Å². The Bertz CT molecular complexity index is 801. The van der Waals surface area contributed by atoms with Gasteiger partial charge in [-0.1, -0.05) is 0 Å². The van der Waals surface area contributed by atoms with E-state index in [1.807, 2.05) is 11.4 Å². The lowest BCUT2D eigenvalue weighted by Gasteiger charge is -2.31. The van der Waals surface area contributed by atoms with Gasteiger partial charge in [0.15, 0.2) is 5.82 Å². The van der Waals surface area contributed by atoms with Gasteiger partial charge in [0.2, 0.25) is 0 Å². The van der Waals surface area contributed by atoms with Crippen molar-refractivity contribution < 1.29 is 19.8 Å². The van der Waals surface area contributed by atoms with E-state index in [-0.39, 0.29) is 0 Å². The molecule has 3 aliphatic heterocycles. The molecule has 28 heavy (non-hydrogen) atoms. The van der Waals surface area contributed by atoms with Crippen LogP contribution in [0.2, 0.25) is 0 Å². The van der Waals surface area contributed by atoms with Crippen LogP contribution in [0.3, 0.4) is 0 Å². The Hall–Kier alpha value is -2.85. The number of hydrogen-bond donors (Lipinski definition) is 2. The molecule has 148 valence electrons. The summed E-state index contributed by atoms with van der Waals surface area (Å²) < 4.78 is 0. The minimum absolute atomic E-state index is 0.558. The summed E-state index contributed by atoms with van der Waals surface area (Å²) in [6.07, 6.45) is 5.41. The number of carboxylic acid groups (broad SMARTS) is 2. The standard InChI is InChI=1S/C14H17N5S.C4H4O4/c1-2-13(17-16-12(1)14-15-5-10-20-14)19-9-8-18-6-3-11(19)4-7-18;5-3(6)1-2-4(7)8/h1-2,5,10-11H,3-4,6-9H2;1-2H,(H,5,6)(H,7,8)/b;2-1+. The number of rotatable bonds is 4. The van der Waals surface area contributed by atoms with E-state index < -0.39 is 11.9 Å². The molecule has 3 aliphatic rings. The van der Waals surface area contributed by atoms with E-state index in [0.29, 0.717) is 18.2 Å². The van der Waals surface area contributed by atoms with Gasteiger partial charge in [-0.2, -0.15) is 0 Å². The Morgan fingerprint density at radius 2 is 1.75 bits per heavy atom. The van der Waals surface area contributed by atoms with Crippen molar-refractivity contribution in [1.29, 1.82) is 0 Å². The molecule has 0 saturated carbocycles. The molecule has 0 radical (unpaired) electrons. The molecular formula is C18H21N5O4S. The van der Waals surface area contributed by atoms with Crippen LogP contribution in [-0.4, -0.2) is 74.5 Å². The predicted octanol–water partition coefficient (Wildman–Crippen LogP) is 1.60. The first kappa shape index (κ1) is 19.9. The van der Waals surface area contributed by atoms with E-state index >= 15 is 0 Å². The third-order valence-corrected chi connectivity index (χ3v) is 5.42. The predicted molar refractivity (Wildman–Crippen MR) is 104 cm³/mol. The van der Waals surface area contributed by atoms with Crippen molar-refractivity contribution in [3.63, 3.8) is 0 Å². The second-order valence-corrected chi connectivity index (χ2v) is 7.28. The van der Waals surface area contributed by atoms with Crippen molar-refractivity contribution in [2.45, 2.75) is 18.9 Å². The zero-order valence-corrected chi connectivity index (χ0v) is 16.0. The van der Waals surface area contributed by atoms with Crippen molar-refractivity contribution in [2.75, 3.05) is 31.1 Å². The summed E-state index contributed by atoms with van der Waals surface area (Å²) in [6, 6.07) is 4.77. The lowest BCUT2D eigenvalue weighted by molar-refractivity contribution is -0.134. The highest BCUT2D eigenvalue weighted by atomic mass is 32.1. The third-order valence-electron chi connectivity index (χ3n) is 4.62. The van der Waals surface area contributed by atoms with Crippen LogP contribution in [0.4, 0.5) is 5.82 Å². The van der Waals surface area contributed by atoms with Gasteiger partial charge in [0.25, 0.3) is 0 Å². The molecule has 0 aromatic carbocycles. The molecule has 2 aromatic rings. The number of hydrogen-bond acceptors (Lipinski definition) is 8. The molecule has 5 heterocycles. The van der Waals surface area contributed by atoms with Gasteiger partial charge >= 0.3 is 11.9 Å². The first-order valence-electron chi connectivity index (χ1n) is 8.89. The number of aliphatic carboxylic acids is 2. The molecule has 0 amide bonds. The minimum Gasteiger partial charge on any atom is -0.478 e. The van der Waals surface area contributed by atoms with Crippen molar-refractivity contribution in [2.24, 2.45) is 0 Å². The first-order chi connectivity index (χ1) is 13.5. The Labute approximate surface area is 166 Å². The van der Waals surface area contributed by atoms with Gasteiger partial charge in [0.05, 0.1) is 0 Å². The van der Waals surface area contributed by atoms with Crippen LogP contribution in [0.5, 0.6) is 0 Å². The maximum Gasteiger partial charge on any atom is 0.328 e. The molecule has 0 atom stereocenters. The summed E-state index contributed by atoms with van der Waals surface area (Å²) in [4.78, 5) is 28.4. The fourth-order valence-electron chi connectivity index (χ4n) is 3.27. The van der Waals surface area contributed by atoms with Gasteiger partial charge in [0, 0.05) is 55.9 Å². The maximum atomic E-state index is 9.55. The zero-order valence-electron chi connectivity index (χ0n) is 15.1. The third kappa shape index (κ3) is 5.33. The quantitative estimate of drug-likeness (QED) is 0.733. The molecule has 2 N–H and O–H groups in total. The van der Waals surface area contributed by atoms with Crippen molar-refractivity contribution in [3.05, 3.63) is 35.9 Å². The van der Waals surface area contributed by atoms with Crippen LogP contribution in [0.25, 0.3) is 10.7 Å². The second kappa shape index (κ2) is 9.38. The van der Waals surface area contributed by atoms with Gasteiger partial charge in [-0.05, 0) is 25.0 Å². The van der Waals surface area contributed by atoms with E-state index in [1.54, 1.807) is 17.5 Å². The number of piperidine rings is 1. The summed E-state index contributed by atoms with van der Waals surface area (Å²) >= 11 is 1.60. The average Bonchev–Trinajstić information content (AvgIpc) is 3.07. The van der Waals surface area contributed by atoms with Gasteiger partial charge in [-0.15, -0.1) is 21.5 Å². The number of nitrogens with zero attached hydrogens (tertiary/aromatic N) is 5. The van der Waals surface area contributed by atoms with Crippen LogP contribution in [0, 0.1) is 0 Å². The summed E-state index contributed by atoms with van der Waals surface area (Å²) in [5.74, 6) is -1.50. The first-order valence-corrected chi connectivity index (χ1v) is 9.77. The monoisotopic (exact) mass is 403 g/mol. The van der Waals surface area contributed by atoms with Crippen molar-refractivity contribution in [3.8, 4) is 10.7 Å². The van der Waals surface area contributed by atoms with Crippen LogP contribution < -0.4 is 4.90 Å². The summed E-state index contributed by atoms with van der Waals surface area (Å²) in [5.41, 5.74) is 0.867. The number of carboxylic acids is 2. The second-order valence-electron chi connectivity index (χ2n) is 6.39. The maximum absolute atomic E-state index is 9.55. The van der Waals surface area contributed by atoms with E-state index in [1.165, 1.54) is 25.9 Å². The molecule has 0 spiro atoms. The highest BCUT2D eigenvalue weighted by molar-refractivity contribution is 7.13. The largest absolute Gasteiger partial charge is 0.478 e. The molecule has 2 bridgehead atoms. The molecule has 2 aromatic heterocycles. The fraction of sp³-hybridized carbons (Fsp3) is 0.389. The van der Waals surface area contributed by atoms with Crippen LogP contribution in [-0.2, 0) is 9.59 Å². The summed E-state index contributed by atoms with van der Waals surface area (Å²) in [6.45, 7) is 4.67. The lowest BCUT2D eigenvalue weighted by Crippen LogP contribution is -2.38. The molecule has 10 heteroatoms. The molecule has 5 rings (SSSR count). The van der Waals surface area contributed by atoms with E-state index in [9.17, 15) is 9.59 Å². The number of fused-ring (bicyclic) bond motifs is 4. The minimum atomic E-state index is -1.26. The number of aromatic nitrogens is 3. The molecule has 0 unspecified atom stereocenters. The van der Waals surface area contributed by atoms with Crippen molar-refractivity contribution in [1.82, 2.24) is 20.1 Å². The average molecular weight is 403 g/mol. The van der Waals surface area contributed by atoms with Crippen LogP contribution >= 0.6 is 11.3 Å². The van der Waals surface area contributed by atoms with Gasteiger partial charge in [-0.25, -0.2) is 14.6 Å². The smallest absolute Gasteiger partial charge is 0.328 e. The molecule has 3 saturated heterocycles. The number of carbonyl (C=O) groups is 2. The fourth-order valence-corrected chi connectivity index (χ4v) is 3.87. The normalized spacial score (nSPS) is 21.1. The Balaban J connectivity index is 0.000000242. The highest BCUT2D eigenvalue weighted by Crippen LogP contribution is 2.26. The topological polar surface area (TPSA) is 120 Å². The lowest BCUT2D eigenvalue weighted by atomic mass is 10.1. The Kier molecular flexibility index (Phi) is 6.66. The Morgan fingerprint density at radius 3 is 2.29 bits per heavy atom. The highest BCUT2D eigenvalue weighted by Gasteiger charge is 2.29. The molecular weight excluding hydrogens is 382 g/mol. The zero-order chi connectivity index (χ0) is 19.9. The molecule has 0 aliphatic carbocycles. The number of thiazole rings is 1. The van der Waals surface area contributed by atoms with Gasteiger partial charge in [0.1, 0.15) is 10.7 Å². The van der Waals surface area contributed by atoms with Crippen LogP contribution in [0.1, 0.15) is 12.8 Å². The summed E-state index contributed by atoms with van der Waals surface area (Å²) in [7, 11) is 0. The SMILES string of the molecule is O=C(O)/C=C/C(=O)O.c1csc(-c2ccc(N3CCN4CCC3CC4)nn2)n1. The van der Waals surface area contributed by atoms with Crippen molar-refractivity contribution >= 4 is 29.1 Å².